The summed E-state index contributed by atoms with van der Waals surface area (Å²) in [5.74, 6) is -3.51. The normalized spacial score (nSPS) is 14.5. The standard InChI is InChI=1S/C28H24F6N6O2/c29-16-6-14(7-17(30)10-16)8-22(25-18(2-1-5-37-25)15-3-4-21(31)19(9-15)27(35)42)38-24(41)13-40-23-12-36-11-20(23)26(39-40)28(32,33)34/h1-7,9-10,22,24,36,38,41H,8,11-13H2,(H2,35,42). The average Bonchev–Trinajstić information content (AvgIpc) is 3.51. The summed E-state index contributed by atoms with van der Waals surface area (Å²) in [6, 6.07) is 8.76. The Bertz CT molecular complexity index is 1620. The van der Waals surface area contributed by atoms with Crippen LogP contribution in [-0.2, 0) is 32.2 Å². The second-order valence-electron chi connectivity index (χ2n) is 9.77. The third kappa shape index (κ3) is 6.15. The van der Waals surface area contributed by atoms with Crippen LogP contribution in [0.2, 0.25) is 0 Å². The molecular weight excluding hydrogens is 566 g/mol. The second kappa shape index (κ2) is 11.5. The molecule has 4 aromatic rings. The van der Waals surface area contributed by atoms with Crippen LogP contribution in [0.15, 0.2) is 54.7 Å². The van der Waals surface area contributed by atoms with Crippen molar-refractivity contribution in [3.05, 3.63) is 106 Å². The first-order valence-corrected chi connectivity index (χ1v) is 12.7. The van der Waals surface area contributed by atoms with E-state index in [0.717, 1.165) is 22.9 Å². The number of nitrogens with zero attached hydrogens (tertiary/aromatic N) is 3. The molecule has 1 aliphatic heterocycles. The maximum absolute atomic E-state index is 14.2. The lowest BCUT2D eigenvalue weighted by Crippen LogP contribution is -2.38. The molecule has 3 heterocycles. The number of hydrogen-bond donors (Lipinski definition) is 4. The summed E-state index contributed by atoms with van der Waals surface area (Å²) in [7, 11) is 0. The highest BCUT2D eigenvalue weighted by molar-refractivity contribution is 5.94. The Kier molecular flexibility index (Phi) is 8.03. The number of hydrogen-bond acceptors (Lipinski definition) is 6. The van der Waals surface area contributed by atoms with Crippen LogP contribution in [-0.4, -0.2) is 32.0 Å². The van der Waals surface area contributed by atoms with Gasteiger partial charge < -0.3 is 16.2 Å². The summed E-state index contributed by atoms with van der Waals surface area (Å²) in [6.07, 6.45) is -4.88. The minimum Gasteiger partial charge on any atom is -0.377 e. The van der Waals surface area contributed by atoms with Crippen LogP contribution >= 0.6 is 0 Å². The Labute approximate surface area is 235 Å². The van der Waals surface area contributed by atoms with Gasteiger partial charge in [-0.25, -0.2) is 13.2 Å². The largest absolute Gasteiger partial charge is 0.435 e. The molecular formula is C28H24F6N6O2. The quantitative estimate of drug-likeness (QED) is 0.173. The van der Waals surface area contributed by atoms with E-state index >= 15 is 0 Å². The molecule has 2 aromatic carbocycles. The van der Waals surface area contributed by atoms with E-state index in [4.69, 9.17) is 5.73 Å². The molecule has 1 aliphatic rings. The number of rotatable bonds is 9. The smallest absolute Gasteiger partial charge is 0.377 e. The van der Waals surface area contributed by atoms with Gasteiger partial charge in [0.1, 0.15) is 23.7 Å². The van der Waals surface area contributed by atoms with Crippen molar-refractivity contribution in [1.82, 2.24) is 25.4 Å². The summed E-state index contributed by atoms with van der Waals surface area (Å²) in [6.45, 7) is -0.295. The number of benzene rings is 2. The van der Waals surface area contributed by atoms with Gasteiger partial charge in [0.15, 0.2) is 5.69 Å². The topological polar surface area (TPSA) is 118 Å². The van der Waals surface area contributed by atoms with Crippen LogP contribution < -0.4 is 16.4 Å². The number of carbonyl (C=O) groups is 1. The van der Waals surface area contributed by atoms with Gasteiger partial charge in [0.05, 0.1) is 29.5 Å². The average molecular weight is 591 g/mol. The van der Waals surface area contributed by atoms with E-state index in [1.54, 1.807) is 12.1 Å². The highest BCUT2D eigenvalue weighted by Crippen LogP contribution is 2.35. The van der Waals surface area contributed by atoms with Crippen molar-refractivity contribution in [3.63, 3.8) is 0 Å². The molecule has 5 rings (SSSR count). The van der Waals surface area contributed by atoms with Crippen LogP contribution in [0.1, 0.15) is 44.6 Å². The summed E-state index contributed by atoms with van der Waals surface area (Å²) < 4.78 is 84.0. The molecule has 42 heavy (non-hydrogen) atoms. The first-order chi connectivity index (χ1) is 19.9. The van der Waals surface area contributed by atoms with Crippen molar-refractivity contribution in [2.75, 3.05) is 0 Å². The van der Waals surface area contributed by atoms with Gasteiger partial charge in [0.2, 0.25) is 0 Å². The Morgan fingerprint density at radius 1 is 1.10 bits per heavy atom. The van der Waals surface area contributed by atoms with Gasteiger partial charge in [0.25, 0.3) is 5.91 Å². The number of nitrogens with one attached hydrogen (secondary N) is 2. The van der Waals surface area contributed by atoms with Gasteiger partial charge in [0, 0.05) is 36.5 Å². The number of pyridine rings is 1. The van der Waals surface area contributed by atoms with Crippen LogP contribution in [0.3, 0.4) is 0 Å². The zero-order valence-corrected chi connectivity index (χ0v) is 21.7. The van der Waals surface area contributed by atoms with E-state index in [2.05, 4.69) is 20.7 Å². The predicted molar refractivity (Wildman–Crippen MR) is 138 cm³/mol. The molecule has 0 bridgehead atoms. The maximum Gasteiger partial charge on any atom is 0.435 e. The zero-order chi connectivity index (χ0) is 30.2. The summed E-state index contributed by atoms with van der Waals surface area (Å²) in [5.41, 5.74) is 5.30. The van der Waals surface area contributed by atoms with Gasteiger partial charge in [-0.15, -0.1) is 0 Å². The summed E-state index contributed by atoms with van der Waals surface area (Å²) >= 11 is 0. The molecule has 0 fully saturated rings. The van der Waals surface area contributed by atoms with Gasteiger partial charge in [-0.3, -0.25) is 19.8 Å². The minimum atomic E-state index is -4.69. The van der Waals surface area contributed by atoms with Gasteiger partial charge in [-0.1, -0.05) is 12.1 Å². The molecule has 2 aromatic heterocycles. The Hall–Kier alpha value is -4.27. The summed E-state index contributed by atoms with van der Waals surface area (Å²) in [5, 5.41) is 20.4. The Morgan fingerprint density at radius 2 is 1.83 bits per heavy atom. The lowest BCUT2D eigenvalue weighted by molar-refractivity contribution is -0.142. The van der Waals surface area contributed by atoms with Crippen LogP contribution in [0.5, 0.6) is 0 Å². The minimum absolute atomic E-state index is 0.00457. The molecule has 5 N–H and O–H groups in total. The van der Waals surface area contributed by atoms with E-state index in [-0.39, 0.29) is 47.6 Å². The van der Waals surface area contributed by atoms with Gasteiger partial charge in [-0.05, 0) is 47.9 Å². The number of amides is 1. The highest BCUT2D eigenvalue weighted by Gasteiger charge is 2.40. The van der Waals surface area contributed by atoms with E-state index < -0.39 is 54.0 Å². The molecule has 2 atom stereocenters. The highest BCUT2D eigenvalue weighted by atomic mass is 19.4. The molecule has 2 unspecified atom stereocenters. The van der Waals surface area contributed by atoms with Crippen LogP contribution in [0.25, 0.3) is 11.1 Å². The summed E-state index contributed by atoms with van der Waals surface area (Å²) in [4.78, 5) is 16.2. The molecule has 0 aliphatic carbocycles. The molecule has 0 spiro atoms. The number of halogens is 6. The molecule has 220 valence electrons. The lowest BCUT2D eigenvalue weighted by atomic mass is 9.94. The predicted octanol–water partition coefficient (Wildman–Crippen LogP) is 3.98. The van der Waals surface area contributed by atoms with Crippen LogP contribution in [0.4, 0.5) is 26.3 Å². The number of primary amides is 1. The fraction of sp³-hybridized carbons (Fsp3) is 0.250. The van der Waals surface area contributed by atoms with E-state index in [0.29, 0.717) is 17.2 Å². The SMILES string of the molecule is NC(=O)c1cc(-c2cccnc2C(Cc2cc(F)cc(F)c2)NC(O)Cn2nc(C(F)(F)F)c3c2CNC3)ccc1F. The number of fused-ring (bicyclic) bond motifs is 1. The van der Waals surface area contributed by atoms with Crippen molar-refractivity contribution < 1.29 is 36.2 Å². The van der Waals surface area contributed by atoms with E-state index in [1.807, 2.05) is 0 Å². The van der Waals surface area contributed by atoms with Crippen molar-refractivity contribution >= 4 is 5.91 Å². The molecule has 0 saturated heterocycles. The number of aliphatic hydroxyl groups excluding tert-OH is 1. The molecule has 14 heteroatoms. The Morgan fingerprint density at radius 3 is 2.52 bits per heavy atom. The third-order valence-electron chi connectivity index (χ3n) is 6.84. The van der Waals surface area contributed by atoms with Crippen molar-refractivity contribution in [2.45, 2.75) is 44.5 Å². The van der Waals surface area contributed by atoms with E-state index in [9.17, 15) is 36.2 Å². The Balaban J connectivity index is 1.52. The van der Waals surface area contributed by atoms with E-state index in [1.165, 1.54) is 18.3 Å². The number of carbonyl (C=O) groups excluding carboxylic acids is 1. The van der Waals surface area contributed by atoms with Gasteiger partial charge in [-0.2, -0.15) is 18.3 Å². The van der Waals surface area contributed by atoms with Crippen molar-refractivity contribution in [3.8, 4) is 11.1 Å². The monoisotopic (exact) mass is 590 g/mol. The first kappa shape index (κ1) is 29.2. The number of nitrogens with two attached hydrogens (primary N) is 1. The van der Waals surface area contributed by atoms with Crippen molar-refractivity contribution in [1.29, 1.82) is 0 Å². The fourth-order valence-corrected chi connectivity index (χ4v) is 5.07. The number of alkyl halides is 3. The lowest BCUT2D eigenvalue weighted by Gasteiger charge is -2.25. The molecule has 0 radical (unpaired) electrons. The van der Waals surface area contributed by atoms with Gasteiger partial charge >= 0.3 is 6.18 Å². The molecule has 8 nitrogen and oxygen atoms in total. The van der Waals surface area contributed by atoms with Crippen molar-refractivity contribution in [2.24, 2.45) is 5.73 Å². The number of aliphatic hydroxyl groups is 1. The third-order valence-corrected chi connectivity index (χ3v) is 6.84. The first-order valence-electron chi connectivity index (χ1n) is 12.7. The molecule has 0 saturated carbocycles. The molecule has 1 amide bonds. The second-order valence-corrected chi connectivity index (χ2v) is 9.77. The number of aromatic nitrogens is 3. The fourth-order valence-electron chi connectivity index (χ4n) is 5.07. The van der Waals surface area contributed by atoms with Crippen LogP contribution in [0, 0.1) is 17.5 Å². The zero-order valence-electron chi connectivity index (χ0n) is 21.7. The maximum atomic E-state index is 14.2.